The average Bonchev–Trinajstić information content (AvgIpc) is 2.75. The van der Waals surface area contributed by atoms with Gasteiger partial charge in [-0.2, -0.15) is 0 Å². The van der Waals surface area contributed by atoms with E-state index in [0.717, 1.165) is 12.8 Å². The highest BCUT2D eigenvalue weighted by Gasteiger charge is 2.59. The first kappa shape index (κ1) is 17.3. The monoisotopic (exact) mass is 316 g/mol. The third-order valence-corrected chi connectivity index (χ3v) is 6.35. The summed E-state index contributed by atoms with van der Waals surface area (Å²) in [6, 6.07) is 0. The molecule has 126 valence electrons. The minimum Gasteiger partial charge on any atom is -0.480 e. The van der Waals surface area contributed by atoms with Gasteiger partial charge in [0.2, 0.25) is 0 Å². The van der Waals surface area contributed by atoms with Gasteiger partial charge in [-0.25, -0.2) is 13.6 Å². The maximum absolute atomic E-state index is 12.8. The van der Waals surface area contributed by atoms with Crippen LogP contribution in [0.3, 0.4) is 0 Å². The molecule has 2 saturated carbocycles. The van der Waals surface area contributed by atoms with Crippen molar-refractivity contribution in [2.75, 3.05) is 6.54 Å². The molecule has 0 aromatic heterocycles. The zero-order valence-corrected chi connectivity index (χ0v) is 13.5. The summed E-state index contributed by atoms with van der Waals surface area (Å²) in [5.74, 6) is -1.01. The Morgan fingerprint density at radius 3 is 2.55 bits per heavy atom. The number of alkyl halides is 2. The molecule has 0 spiro atoms. The molecular weight excluding hydrogens is 290 g/mol. The predicted octanol–water partition coefficient (Wildman–Crippen LogP) is 3.10. The van der Waals surface area contributed by atoms with Crippen LogP contribution in [0, 0.1) is 16.7 Å². The predicted molar refractivity (Wildman–Crippen MR) is 81.3 cm³/mol. The number of aliphatic imine (C=N–C) groups is 1. The van der Waals surface area contributed by atoms with Crippen molar-refractivity contribution >= 4 is 11.7 Å². The Bertz CT molecular complexity index is 493. The van der Waals surface area contributed by atoms with Crippen molar-refractivity contribution in [3.05, 3.63) is 0 Å². The molecule has 3 unspecified atom stereocenters. The van der Waals surface area contributed by atoms with E-state index in [9.17, 15) is 13.6 Å². The molecule has 2 rings (SSSR count). The van der Waals surface area contributed by atoms with E-state index < -0.39 is 17.9 Å². The molecule has 0 aromatic carbocycles. The second-order valence-electron chi connectivity index (χ2n) is 7.57. The van der Waals surface area contributed by atoms with Gasteiger partial charge in [-0.1, -0.05) is 20.8 Å². The minimum absolute atomic E-state index is 0.0903. The maximum atomic E-state index is 12.8. The molecule has 2 aliphatic rings. The van der Waals surface area contributed by atoms with Gasteiger partial charge in [-0.3, -0.25) is 4.99 Å². The molecule has 6 heteroatoms. The van der Waals surface area contributed by atoms with E-state index in [0.29, 0.717) is 12.5 Å². The summed E-state index contributed by atoms with van der Waals surface area (Å²) in [6.45, 7) is 7.16. The Balaban J connectivity index is 1.96. The zero-order chi connectivity index (χ0) is 16.8. The molecule has 0 amide bonds. The van der Waals surface area contributed by atoms with Gasteiger partial charge in [-0.05, 0) is 43.4 Å². The smallest absolute Gasteiger partial charge is 0.329 e. The highest BCUT2D eigenvalue weighted by atomic mass is 19.3. The number of halogens is 2. The Morgan fingerprint density at radius 1 is 1.50 bits per heavy atom. The molecule has 22 heavy (non-hydrogen) atoms. The lowest BCUT2D eigenvalue weighted by Crippen LogP contribution is -2.54. The number of fused-ring (bicyclic) bond motifs is 2. The van der Waals surface area contributed by atoms with Crippen molar-refractivity contribution in [1.29, 1.82) is 0 Å². The SMILES string of the molecule is CC12CCC(C/C1=N\CCCC(N)(C(=O)O)C(F)F)C2(C)C. The van der Waals surface area contributed by atoms with Gasteiger partial charge in [-0.15, -0.1) is 0 Å². The van der Waals surface area contributed by atoms with Crippen LogP contribution >= 0.6 is 0 Å². The normalized spacial score (nSPS) is 34.3. The van der Waals surface area contributed by atoms with E-state index in [4.69, 9.17) is 10.8 Å². The van der Waals surface area contributed by atoms with Crippen LogP contribution in [0.1, 0.15) is 52.9 Å². The van der Waals surface area contributed by atoms with Gasteiger partial charge >= 0.3 is 5.97 Å². The topological polar surface area (TPSA) is 75.7 Å². The van der Waals surface area contributed by atoms with Crippen LogP contribution in [0.4, 0.5) is 8.78 Å². The maximum Gasteiger partial charge on any atom is 0.329 e. The summed E-state index contributed by atoms with van der Waals surface area (Å²) in [4.78, 5) is 15.5. The summed E-state index contributed by atoms with van der Waals surface area (Å²) >= 11 is 0. The molecule has 0 aromatic rings. The number of hydrogen-bond acceptors (Lipinski definition) is 3. The van der Waals surface area contributed by atoms with Crippen molar-refractivity contribution in [3.8, 4) is 0 Å². The first-order valence-electron chi connectivity index (χ1n) is 7.90. The fraction of sp³-hybridized carbons (Fsp3) is 0.875. The number of nitrogens with zero attached hydrogens (tertiary/aromatic N) is 1. The summed E-state index contributed by atoms with van der Waals surface area (Å²) in [5, 5.41) is 8.87. The average molecular weight is 316 g/mol. The number of carboxylic acid groups (broad SMARTS) is 1. The molecular formula is C16H26F2N2O2. The molecule has 3 N–H and O–H groups in total. The fourth-order valence-electron chi connectivity index (χ4n) is 4.06. The van der Waals surface area contributed by atoms with Crippen LogP contribution in [0.2, 0.25) is 0 Å². The summed E-state index contributed by atoms with van der Waals surface area (Å²) < 4.78 is 25.6. The van der Waals surface area contributed by atoms with Gasteiger partial charge in [0, 0.05) is 17.7 Å². The fourth-order valence-corrected chi connectivity index (χ4v) is 4.06. The zero-order valence-electron chi connectivity index (χ0n) is 13.5. The number of aliphatic carboxylic acids is 1. The third-order valence-electron chi connectivity index (χ3n) is 6.35. The Morgan fingerprint density at radius 2 is 2.14 bits per heavy atom. The molecule has 0 aliphatic heterocycles. The second kappa shape index (κ2) is 5.55. The van der Waals surface area contributed by atoms with Crippen LogP contribution in [0.15, 0.2) is 4.99 Å². The van der Waals surface area contributed by atoms with Crippen molar-refractivity contribution < 1.29 is 18.7 Å². The van der Waals surface area contributed by atoms with E-state index in [-0.39, 0.29) is 23.7 Å². The molecule has 4 nitrogen and oxygen atoms in total. The Labute approximate surface area is 130 Å². The molecule has 2 fully saturated rings. The van der Waals surface area contributed by atoms with Gasteiger partial charge in [0.05, 0.1) is 0 Å². The molecule has 0 saturated heterocycles. The van der Waals surface area contributed by atoms with E-state index in [1.807, 2.05) is 0 Å². The molecule has 3 atom stereocenters. The standard InChI is InChI=1S/C16H26F2N2O2/c1-14(2)10-5-7-15(14,3)11(9-10)20-8-4-6-16(19,12(17)18)13(21)22/h10,12H,4-9,19H2,1-3H3,(H,21,22)/b20-11+. The number of rotatable bonds is 6. The van der Waals surface area contributed by atoms with E-state index in [1.165, 1.54) is 12.1 Å². The van der Waals surface area contributed by atoms with Crippen LogP contribution in [-0.2, 0) is 4.79 Å². The van der Waals surface area contributed by atoms with Crippen molar-refractivity contribution in [1.82, 2.24) is 0 Å². The number of carbonyl (C=O) groups is 1. The van der Waals surface area contributed by atoms with E-state index in [1.54, 1.807) is 0 Å². The third kappa shape index (κ3) is 2.45. The quantitative estimate of drug-likeness (QED) is 0.739. The summed E-state index contributed by atoms with van der Waals surface area (Å²) in [7, 11) is 0. The number of nitrogens with two attached hydrogens (primary N) is 1. The van der Waals surface area contributed by atoms with Crippen LogP contribution in [0.25, 0.3) is 0 Å². The summed E-state index contributed by atoms with van der Waals surface area (Å²) in [5.41, 5.74) is 4.34. The minimum atomic E-state index is -3.07. The van der Waals surface area contributed by atoms with Crippen LogP contribution < -0.4 is 5.73 Å². The molecule has 2 aliphatic carbocycles. The lowest BCUT2D eigenvalue weighted by atomic mass is 9.70. The Hall–Kier alpha value is -1.04. The van der Waals surface area contributed by atoms with Crippen molar-refractivity contribution in [2.45, 2.75) is 64.8 Å². The summed E-state index contributed by atoms with van der Waals surface area (Å²) in [6.07, 6.45) is 0.245. The van der Waals surface area contributed by atoms with Crippen LogP contribution in [0.5, 0.6) is 0 Å². The van der Waals surface area contributed by atoms with Crippen LogP contribution in [-0.4, -0.2) is 35.3 Å². The van der Waals surface area contributed by atoms with E-state index >= 15 is 0 Å². The number of hydrogen-bond donors (Lipinski definition) is 2. The van der Waals surface area contributed by atoms with Gasteiger partial charge in [0.25, 0.3) is 6.43 Å². The first-order valence-corrected chi connectivity index (χ1v) is 7.90. The van der Waals surface area contributed by atoms with Gasteiger partial charge in [0.1, 0.15) is 0 Å². The molecule has 0 heterocycles. The van der Waals surface area contributed by atoms with Gasteiger partial charge in [0.15, 0.2) is 5.54 Å². The number of carboxylic acids is 1. The molecule has 0 radical (unpaired) electrons. The highest BCUT2D eigenvalue weighted by Crippen LogP contribution is 2.63. The van der Waals surface area contributed by atoms with E-state index in [2.05, 4.69) is 25.8 Å². The van der Waals surface area contributed by atoms with Gasteiger partial charge < -0.3 is 10.8 Å². The lowest BCUT2D eigenvalue weighted by molar-refractivity contribution is -0.150. The second-order valence-corrected chi connectivity index (χ2v) is 7.57. The largest absolute Gasteiger partial charge is 0.480 e. The van der Waals surface area contributed by atoms with Crippen molar-refractivity contribution in [2.24, 2.45) is 27.5 Å². The molecule has 2 bridgehead atoms. The highest BCUT2D eigenvalue weighted by molar-refractivity contribution is 5.94. The first-order chi connectivity index (χ1) is 10.1. The lowest BCUT2D eigenvalue weighted by Gasteiger charge is -2.34. The van der Waals surface area contributed by atoms with Crippen molar-refractivity contribution in [3.63, 3.8) is 0 Å². The Kier molecular flexibility index (Phi) is 4.37.